The largest absolute Gasteiger partial charge is 0.286 e. The van der Waals surface area contributed by atoms with E-state index in [1.807, 2.05) is 0 Å². The van der Waals surface area contributed by atoms with Crippen LogP contribution >= 0.6 is 0 Å². The zero-order chi connectivity index (χ0) is 12.1. The van der Waals surface area contributed by atoms with Crippen molar-refractivity contribution in [2.45, 2.75) is 52.0 Å². The number of hydrogen-bond acceptors (Lipinski definition) is 1. The molecule has 1 heteroatoms. The maximum atomic E-state index is 4.89. The van der Waals surface area contributed by atoms with Crippen LogP contribution in [0.25, 0.3) is 0 Å². The first-order chi connectivity index (χ1) is 8.27. The van der Waals surface area contributed by atoms with Crippen LogP contribution in [0.5, 0.6) is 0 Å². The van der Waals surface area contributed by atoms with Crippen LogP contribution in [0.4, 0.5) is 0 Å². The van der Waals surface area contributed by atoms with Crippen molar-refractivity contribution < 1.29 is 0 Å². The summed E-state index contributed by atoms with van der Waals surface area (Å²) in [6.45, 7) is 4.41. The Morgan fingerprint density at radius 1 is 1.24 bits per heavy atom. The third-order valence-corrected chi connectivity index (χ3v) is 3.80. The normalized spacial score (nSPS) is 26.8. The molecule has 0 bridgehead atoms. The molecule has 1 nitrogen and oxygen atoms in total. The third-order valence-electron chi connectivity index (χ3n) is 3.80. The number of rotatable bonds is 3. The Hall–Kier alpha value is -1.11. The first kappa shape index (κ1) is 12.3. The summed E-state index contributed by atoms with van der Waals surface area (Å²) < 4.78 is 0. The van der Waals surface area contributed by atoms with E-state index in [4.69, 9.17) is 4.99 Å². The third kappa shape index (κ3) is 3.42. The lowest BCUT2D eigenvalue weighted by Crippen LogP contribution is -2.18. The molecule has 2 atom stereocenters. The Kier molecular flexibility index (Phi) is 4.36. The molecule has 1 unspecified atom stereocenters. The Morgan fingerprint density at radius 3 is 2.76 bits per heavy atom. The molecule has 0 aromatic heterocycles. The zero-order valence-electron chi connectivity index (χ0n) is 11.0. The summed E-state index contributed by atoms with van der Waals surface area (Å²) in [7, 11) is 0. The highest BCUT2D eigenvalue weighted by Crippen LogP contribution is 2.24. The van der Waals surface area contributed by atoms with Gasteiger partial charge in [-0.05, 0) is 57.4 Å². The highest BCUT2D eigenvalue weighted by molar-refractivity contribution is 6.00. The Bertz CT molecular complexity index is 371. The standard InChI is InChI=1S/C16H23N/c1-13(15-9-5-3-6-10-15)17-14(2)16-11-7-4-8-12-16/h3,5,7,11-13,15H,4,6,8-10H2,1-2H3/b17-14+/t13-,15?/m1/s1. The topological polar surface area (TPSA) is 12.4 Å². The van der Waals surface area contributed by atoms with E-state index in [9.17, 15) is 0 Å². The van der Waals surface area contributed by atoms with Crippen molar-refractivity contribution in [3.8, 4) is 0 Å². The van der Waals surface area contributed by atoms with Crippen LogP contribution in [-0.2, 0) is 0 Å². The predicted molar refractivity (Wildman–Crippen MR) is 75.5 cm³/mol. The quantitative estimate of drug-likeness (QED) is 0.500. The fourth-order valence-corrected chi connectivity index (χ4v) is 2.62. The van der Waals surface area contributed by atoms with Crippen molar-refractivity contribution in [1.82, 2.24) is 0 Å². The number of hydrogen-bond donors (Lipinski definition) is 0. The highest BCUT2D eigenvalue weighted by Gasteiger charge is 2.17. The van der Waals surface area contributed by atoms with Crippen LogP contribution in [0, 0.1) is 5.92 Å². The fourth-order valence-electron chi connectivity index (χ4n) is 2.62. The van der Waals surface area contributed by atoms with Crippen molar-refractivity contribution in [3.05, 3.63) is 36.0 Å². The monoisotopic (exact) mass is 229 g/mol. The lowest BCUT2D eigenvalue weighted by molar-refractivity contribution is 0.411. The SMILES string of the molecule is C/C(=N\[C@H](C)C1CC=CCC1)C1=CCCC=C1. The van der Waals surface area contributed by atoms with Gasteiger partial charge >= 0.3 is 0 Å². The molecule has 92 valence electrons. The minimum absolute atomic E-state index is 0.455. The second kappa shape index (κ2) is 6.00. The van der Waals surface area contributed by atoms with Crippen molar-refractivity contribution in [2.75, 3.05) is 0 Å². The molecule has 0 saturated heterocycles. The van der Waals surface area contributed by atoms with Crippen molar-refractivity contribution in [3.63, 3.8) is 0 Å². The summed E-state index contributed by atoms with van der Waals surface area (Å²) in [5.41, 5.74) is 2.54. The van der Waals surface area contributed by atoms with E-state index in [2.05, 4.69) is 44.2 Å². The summed E-state index contributed by atoms with van der Waals surface area (Å²) >= 11 is 0. The smallest absolute Gasteiger partial charge is 0.0506 e. The Balaban J connectivity index is 2.00. The van der Waals surface area contributed by atoms with Gasteiger partial charge in [0.15, 0.2) is 0 Å². The number of aliphatic imine (C=N–C) groups is 1. The van der Waals surface area contributed by atoms with E-state index >= 15 is 0 Å². The van der Waals surface area contributed by atoms with Crippen LogP contribution in [0.1, 0.15) is 46.0 Å². The molecular weight excluding hydrogens is 206 g/mol. The number of nitrogens with zero attached hydrogens (tertiary/aromatic N) is 1. The minimum Gasteiger partial charge on any atom is -0.286 e. The summed E-state index contributed by atoms with van der Waals surface area (Å²) in [5, 5.41) is 0. The molecule has 0 aliphatic heterocycles. The van der Waals surface area contributed by atoms with Gasteiger partial charge in [-0.15, -0.1) is 0 Å². The first-order valence-corrected chi connectivity index (χ1v) is 6.84. The lowest BCUT2D eigenvalue weighted by Gasteiger charge is -2.22. The van der Waals surface area contributed by atoms with Crippen LogP contribution in [0.15, 0.2) is 40.9 Å². The molecule has 17 heavy (non-hydrogen) atoms. The second-order valence-electron chi connectivity index (χ2n) is 5.14. The van der Waals surface area contributed by atoms with E-state index in [0.717, 1.165) is 5.92 Å². The van der Waals surface area contributed by atoms with E-state index in [1.54, 1.807) is 0 Å². The van der Waals surface area contributed by atoms with Crippen LogP contribution in [0.3, 0.4) is 0 Å². The molecule has 0 radical (unpaired) electrons. The van der Waals surface area contributed by atoms with Crippen molar-refractivity contribution in [2.24, 2.45) is 10.9 Å². The summed E-state index contributed by atoms with van der Waals surface area (Å²) in [4.78, 5) is 4.89. The molecule has 0 heterocycles. The van der Waals surface area contributed by atoms with Gasteiger partial charge < -0.3 is 0 Å². The molecule has 2 rings (SSSR count). The van der Waals surface area contributed by atoms with E-state index in [-0.39, 0.29) is 0 Å². The first-order valence-electron chi connectivity index (χ1n) is 6.84. The zero-order valence-corrected chi connectivity index (χ0v) is 11.0. The van der Waals surface area contributed by atoms with Gasteiger partial charge in [-0.1, -0.05) is 30.4 Å². The maximum absolute atomic E-state index is 4.89. The average Bonchev–Trinajstić information content (AvgIpc) is 2.40. The molecule has 0 spiro atoms. The molecule has 0 fully saturated rings. The van der Waals surface area contributed by atoms with Crippen LogP contribution in [-0.4, -0.2) is 11.8 Å². The van der Waals surface area contributed by atoms with Crippen LogP contribution < -0.4 is 0 Å². The fraction of sp³-hybridized carbons (Fsp3) is 0.562. The molecule has 2 aliphatic rings. The highest BCUT2D eigenvalue weighted by atomic mass is 14.8. The summed E-state index contributed by atoms with van der Waals surface area (Å²) in [5.74, 6) is 0.739. The van der Waals surface area contributed by atoms with E-state index < -0.39 is 0 Å². The predicted octanol–water partition coefficient (Wildman–Crippen LogP) is 4.47. The van der Waals surface area contributed by atoms with Gasteiger partial charge in [0.25, 0.3) is 0 Å². The van der Waals surface area contributed by atoms with Gasteiger partial charge in [0.2, 0.25) is 0 Å². The summed E-state index contributed by atoms with van der Waals surface area (Å²) in [6.07, 6.45) is 17.5. The van der Waals surface area contributed by atoms with Gasteiger partial charge in [0, 0.05) is 5.71 Å². The lowest BCUT2D eigenvalue weighted by atomic mass is 9.88. The van der Waals surface area contributed by atoms with Gasteiger partial charge in [0.05, 0.1) is 6.04 Å². The van der Waals surface area contributed by atoms with Gasteiger partial charge in [0.1, 0.15) is 0 Å². The molecule has 0 N–H and O–H groups in total. The molecular formula is C16H23N. The molecule has 0 aromatic rings. The van der Waals surface area contributed by atoms with E-state index in [0.29, 0.717) is 6.04 Å². The average molecular weight is 229 g/mol. The molecule has 0 amide bonds. The van der Waals surface area contributed by atoms with Gasteiger partial charge in [-0.25, -0.2) is 0 Å². The Labute approximate surface area is 105 Å². The van der Waals surface area contributed by atoms with Crippen LogP contribution in [0.2, 0.25) is 0 Å². The molecule has 0 saturated carbocycles. The molecule has 2 aliphatic carbocycles. The van der Waals surface area contributed by atoms with Crippen molar-refractivity contribution >= 4 is 5.71 Å². The van der Waals surface area contributed by atoms with Gasteiger partial charge in [-0.3, -0.25) is 4.99 Å². The molecule has 0 aromatic carbocycles. The summed E-state index contributed by atoms with van der Waals surface area (Å²) in [6, 6.07) is 0.455. The second-order valence-corrected chi connectivity index (χ2v) is 5.14. The maximum Gasteiger partial charge on any atom is 0.0506 e. The van der Waals surface area contributed by atoms with E-state index in [1.165, 1.54) is 43.4 Å². The minimum atomic E-state index is 0.455. The van der Waals surface area contributed by atoms with Gasteiger partial charge in [-0.2, -0.15) is 0 Å². The Morgan fingerprint density at radius 2 is 2.12 bits per heavy atom. The number of allylic oxidation sites excluding steroid dienone is 6. The van der Waals surface area contributed by atoms with Crippen molar-refractivity contribution in [1.29, 1.82) is 0 Å².